The van der Waals surface area contributed by atoms with E-state index in [0.29, 0.717) is 6.54 Å². The van der Waals surface area contributed by atoms with E-state index in [1.165, 1.54) is 6.07 Å². The van der Waals surface area contributed by atoms with Gasteiger partial charge in [0.1, 0.15) is 5.82 Å². The van der Waals surface area contributed by atoms with Gasteiger partial charge in [0.15, 0.2) is 0 Å². The van der Waals surface area contributed by atoms with Crippen LogP contribution in [0.2, 0.25) is 0 Å². The van der Waals surface area contributed by atoms with Gasteiger partial charge in [-0.2, -0.15) is 0 Å². The molecule has 0 atom stereocenters. The van der Waals surface area contributed by atoms with Crippen molar-refractivity contribution >= 4 is 15.7 Å². The Balaban J connectivity index is 2.18. The van der Waals surface area contributed by atoms with Crippen molar-refractivity contribution in [1.82, 2.24) is 4.72 Å². The number of nitrogens with one attached hydrogen (secondary N) is 1. The summed E-state index contributed by atoms with van der Waals surface area (Å²) in [5, 5.41) is 0. The van der Waals surface area contributed by atoms with Gasteiger partial charge in [0, 0.05) is 12.2 Å². The molecule has 0 radical (unpaired) electrons. The zero-order valence-corrected chi connectivity index (χ0v) is 10.3. The van der Waals surface area contributed by atoms with Gasteiger partial charge in [-0.3, -0.25) is 0 Å². The Morgan fingerprint density at radius 3 is 2.59 bits per heavy atom. The maximum absolute atomic E-state index is 13.1. The Kier molecular flexibility index (Phi) is 2.87. The van der Waals surface area contributed by atoms with Crippen molar-refractivity contribution in [2.45, 2.75) is 24.7 Å². The highest BCUT2D eigenvalue weighted by Crippen LogP contribution is 2.44. The Morgan fingerprint density at radius 2 is 2.06 bits per heavy atom. The van der Waals surface area contributed by atoms with Gasteiger partial charge in [-0.05, 0) is 36.5 Å². The van der Waals surface area contributed by atoms with Gasteiger partial charge < -0.3 is 5.73 Å². The third-order valence-electron chi connectivity index (χ3n) is 3.00. The summed E-state index contributed by atoms with van der Waals surface area (Å²) in [7, 11) is -3.67. The second kappa shape index (κ2) is 3.96. The van der Waals surface area contributed by atoms with Gasteiger partial charge in [-0.25, -0.2) is 17.5 Å². The van der Waals surface area contributed by atoms with E-state index in [0.717, 1.165) is 25.0 Å². The minimum Gasteiger partial charge on any atom is -0.399 e. The molecule has 6 heteroatoms. The third kappa shape index (κ3) is 2.95. The number of nitrogens with two attached hydrogens (primary N) is 1. The fraction of sp³-hybridized carbons (Fsp3) is 0.455. The van der Waals surface area contributed by atoms with Crippen LogP contribution < -0.4 is 10.5 Å². The lowest BCUT2D eigenvalue weighted by molar-refractivity contribution is 0.529. The van der Waals surface area contributed by atoms with Crippen LogP contribution >= 0.6 is 0 Å². The predicted octanol–water partition coefficient (Wildman–Crippen LogP) is 1.49. The Morgan fingerprint density at radius 1 is 1.41 bits per heavy atom. The van der Waals surface area contributed by atoms with Crippen LogP contribution in [0.25, 0.3) is 0 Å². The Bertz CT molecular complexity index is 518. The fourth-order valence-corrected chi connectivity index (χ4v) is 2.75. The summed E-state index contributed by atoms with van der Waals surface area (Å²) in [4.78, 5) is -0.126. The number of nitrogen functional groups attached to an aromatic ring is 1. The van der Waals surface area contributed by atoms with Crippen molar-refractivity contribution in [2.75, 3.05) is 12.3 Å². The largest absolute Gasteiger partial charge is 0.399 e. The first-order chi connectivity index (χ1) is 7.81. The van der Waals surface area contributed by atoms with E-state index in [1.807, 2.05) is 6.92 Å². The number of halogens is 1. The maximum Gasteiger partial charge on any atom is 0.240 e. The molecule has 94 valence electrons. The molecule has 3 N–H and O–H groups in total. The van der Waals surface area contributed by atoms with Gasteiger partial charge in [0.2, 0.25) is 10.0 Å². The quantitative estimate of drug-likeness (QED) is 0.804. The van der Waals surface area contributed by atoms with Crippen LogP contribution in [0.5, 0.6) is 0 Å². The highest BCUT2D eigenvalue weighted by atomic mass is 32.2. The molecule has 0 heterocycles. The average Bonchev–Trinajstić information content (AvgIpc) is 2.93. The minimum absolute atomic E-state index is 0.0614. The lowest BCUT2D eigenvalue weighted by Crippen LogP contribution is -2.29. The molecule has 0 aromatic heterocycles. The van der Waals surface area contributed by atoms with Crippen molar-refractivity contribution in [3.05, 3.63) is 24.0 Å². The summed E-state index contributed by atoms with van der Waals surface area (Å²) in [5.74, 6) is -0.650. The van der Waals surface area contributed by atoms with E-state index < -0.39 is 15.8 Å². The standard InChI is InChI=1S/C11H15FN2O2S/c1-11(2-3-11)7-14-17(15,16)10-5-8(12)4-9(13)6-10/h4-6,14H,2-3,7,13H2,1H3. The first-order valence-corrected chi connectivity index (χ1v) is 6.85. The number of hydrogen-bond acceptors (Lipinski definition) is 3. The van der Waals surface area contributed by atoms with E-state index in [-0.39, 0.29) is 16.0 Å². The molecule has 1 aliphatic rings. The number of rotatable bonds is 4. The fourth-order valence-electron chi connectivity index (χ4n) is 1.48. The lowest BCUT2D eigenvalue weighted by Gasteiger charge is -2.11. The van der Waals surface area contributed by atoms with Crippen molar-refractivity contribution in [3.63, 3.8) is 0 Å². The second-order valence-electron chi connectivity index (χ2n) is 4.86. The first-order valence-electron chi connectivity index (χ1n) is 5.37. The molecule has 1 aromatic carbocycles. The molecule has 0 saturated heterocycles. The lowest BCUT2D eigenvalue weighted by atomic mass is 10.2. The molecular formula is C11H15FN2O2S. The molecule has 1 saturated carbocycles. The zero-order valence-electron chi connectivity index (χ0n) is 9.53. The van der Waals surface area contributed by atoms with Crippen LogP contribution in [0.3, 0.4) is 0 Å². The normalized spacial score (nSPS) is 18.0. The highest BCUT2D eigenvalue weighted by molar-refractivity contribution is 7.89. The Hall–Kier alpha value is -1.14. The second-order valence-corrected chi connectivity index (χ2v) is 6.62. The number of hydrogen-bond donors (Lipinski definition) is 2. The number of anilines is 1. The Labute approximate surface area is 100 Å². The highest BCUT2D eigenvalue weighted by Gasteiger charge is 2.38. The topological polar surface area (TPSA) is 72.2 Å². The van der Waals surface area contributed by atoms with Crippen molar-refractivity contribution < 1.29 is 12.8 Å². The third-order valence-corrected chi connectivity index (χ3v) is 4.38. The zero-order chi connectivity index (χ0) is 12.7. The summed E-state index contributed by atoms with van der Waals surface area (Å²) in [6.07, 6.45) is 2.03. The van der Waals surface area contributed by atoms with Crippen molar-refractivity contribution in [3.8, 4) is 0 Å². The maximum atomic E-state index is 13.1. The SMILES string of the molecule is CC1(CNS(=O)(=O)c2cc(N)cc(F)c2)CC1. The molecule has 0 spiro atoms. The molecule has 1 aromatic rings. The minimum atomic E-state index is -3.67. The van der Waals surface area contributed by atoms with Crippen molar-refractivity contribution in [1.29, 1.82) is 0 Å². The molecular weight excluding hydrogens is 243 g/mol. The molecule has 0 aliphatic heterocycles. The van der Waals surface area contributed by atoms with Crippen LogP contribution in [-0.4, -0.2) is 15.0 Å². The van der Waals surface area contributed by atoms with E-state index in [9.17, 15) is 12.8 Å². The van der Waals surface area contributed by atoms with Gasteiger partial charge >= 0.3 is 0 Å². The van der Waals surface area contributed by atoms with Crippen molar-refractivity contribution in [2.24, 2.45) is 5.41 Å². The van der Waals surface area contributed by atoms with Crippen LogP contribution in [-0.2, 0) is 10.0 Å². The molecule has 0 bridgehead atoms. The smallest absolute Gasteiger partial charge is 0.240 e. The van der Waals surface area contributed by atoms with Gasteiger partial charge in [0.25, 0.3) is 0 Å². The molecule has 2 rings (SSSR count). The van der Waals surface area contributed by atoms with E-state index in [1.54, 1.807) is 0 Å². The summed E-state index contributed by atoms with van der Waals surface area (Å²) in [6.45, 7) is 2.39. The predicted molar refractivity (Wildman–Crippen MR) is 63.3 cm³/mol. The van der Waals surface area contributed by atoms with Gasteiger partial charge in [0.05, 0.1) is 4.90 Å². The van der Waals surface area contributed by atoms with Crippen LogP contribution in [0, 0.1) is 11.2 Å². The number of benzene rings is 1. The average molecular weight is 258 g/mol. The van der Waals surface area contributed by atoms with Crippen LogP contribution in [0.4, 0.5) is 10.1 Å². The molecule has 1 fully saturated rings. The molecule has 0 amide bonds. The van der Waals surface area contributed by atoms with Gasteiger partial charge in [-0.1, -0.05) is 6.92 Å². The van der Waals surface area contributed by atoms with Gasteiger partial charge in [-0.15, -0.1) is 0 Å². The summed E-state index contributed by atoms with van der Waals surface area (Å²) in [6, 6.07) is 3.30. The molecule has 4 nitrogen and oxygen atoms in total. The summed E-state index contributed by atoms with van der Waals surface area (Å²) in [5.41, 5.74) is 5.58. The monoisotopic (exact) mass is 258 g/mol. The van der Waals surface area contributed by atoms with E-state index in [4.69, 9.17) is 5.73 Å². The molecule has 1 aliphatic carbocycles. The first kappa shape index (κ1) is 12.3. The summed E-state index contributed by atoms with van der Waals surface area (Å²) < 4.78 is 39.3. The molecule has 0 unspecified atom stereocenters. The molecule has 17 heavy (non-hydrogen) atoms. The summed E-state index contributed by atoms with van der Waals surface area (Å²) >= 11 is 0. The number of sulfonamides is 1. The van der Waals surface area contributed by atoms with E-state index >= 15 is 0 Å². The van der Waals surface area contributed by atoms with Crippen LogP contribution in [0.15, 0.2) is 23.1 Å². The van der Waals surface area contributed by atoms with Crippen LogP contribution in [0.1, 0.15) is 19.8 Å². The van der Waals surface area contributed by atoms with E-state index in [2.05, 4.69) is 4.72 Å².